The standard InChI is InChI=1S/C24H25NO3.ClH/c1-27-23-14-19-11-12-25-22(13-17-7-9-20(26)10-8-17)21(19)15-24(23)28-16-18-5-3-2-4-6-18;/h2-10,14-15,22,25-26H,11-13,16H2,1H3;1H. The van der Waals surface area contributed by atoms with Gasteiger partial charge in [-0.1, -0.05) is 42.5 Å². The number of fused-ring (bicyclic) bond motifs is 1. The molecular formula is C24H26ClNO3. The number of rotatable bonds is 6. The minimum absolute atomic E-state index is 0. The highest BCUT2D eigenvalue weighted by atomic mass is 35.5. The van der Waals surface area contributed by atoms with Gasteiger partial charge in [0.15, 0.2) is 11.5 Å². The third kappa shape index (κ3) is 5.03. The van der Waals surface area contributed by atoms with Crippen LogP contribution in [0, 0.1) is 0 Å². The number of phenols is 1. The van der Waals surface area contributed by atoms with Crippen molar-refractivity contribution in [3.05, 3.63) is 89.0 Å². The predicted octanol–water partition coefficient (Wildman–Crippen LogP) is 4.83. The first-order chi connectivity index (χ1) is 13.7. The first kappa shape index (κ1) is 21.0. The van der Waals surface area contributed by atoms with Gasteiger partial charge in [0.05, 0.1) is 7.11 Å². The van der Waals surface area contributed by atoms with Gasteiger partial charge in [0.1, 0.15) is 12.4 Å². The van der Waals surface area contributed by atoms with E-state index in [1.54, 1.807) is 19.2 Å². The van der Waals surface area contributed by atoms with Crippen LogP contribution in [0.3, 0.4) is 0 Å². The second kappa shape index (κ2) is 9.68. The lowest BCUT2D eigenvalue weighted by atomic mass is 9.90. The van der Waals surface area contributed by atoms with Crippen molar-refractivity contribution in [2.45, 2.75) is 25.5 Å². The minimum Gasteiger partial charge on any atom is -0.508 e. The summed E-state index contributed by atoms with van der Waals surface area (Å²) in [6.45, 7) is 1.44. The van der Waals surface area contributed by atoms with Gasteiger partial charge in [0, 0.05) is 6.04 Å². The zero-order valence-corrected chi connectivity index (χ0v) is 17.2. The maximum absolute atomic E-state index is 9.52. The fraction of sp³-hybridized carbons (Fsp3) is 0.250. The average Bonchev–Trinajstić information content (AvgIpc) is 2.74. The molecule has 0 fully saturated rings. The Bertz CT molecular complexity index is 929. The summed E-state index contributed by atoms with van der Waals surface area (Å²) in [5, 5.41) is 13.1. The van der Waals surface area contributed by atoms with Crippen LogP contribution in [-0.2, 0) is 19.4 Å². The van der Waals surface area contributed by atoms with Crippen LogP contribution < -0.4 is 14.8 Å². The fourth-order valence-electron chi connectivity index (χ4n) is 3.71. The van der Waals surface area contributed by atoms with E-state index >= 15 is 0 Å². The Morgan fingerprint density at radius 2 is 1.72 bits per heavy atom. The quantitative estimate of drug-likeness (QED) is 0.610. The summed E-state index contributed by atoms with van der Waals surface area (Å²) >= 11 is 0. The highest BCUT2D eigenvalue weighted by Gasteiger charge is 2.23. The number of methoxy groups -OCH3 is 1. The summed E-state index contributed by atoms with van der Waals surface area (Å²) in [4.78, 5) is 0. The molecule has 3 aromatic carbocycles. The van der Waals surface area contributed by atoms with Gasteiger partial charge >= 0.3 is 0 Å². The molecule has 4 rings (SSSR count). The molecule has 29 heavy (non-hydrogen) atoms. The van der Waals surface area contributed by atoms with E-state index < -0.39 is 0 Å². The molecule has 4 nitrogen and oxygen atoms in total. The van der Waals surface area contributed by atoms with Gasteiger partial charge < -0.3 is 19.9 Å². The molecule has 0 aromatic heterocycles. The van der Waals surface area contributed by atoms with Crippen LogP contribution in [0.2, 0.25) is 0 Å². The van der Waals surface area contributed by atoms with Crippen LogP contribution in [0.5, 0.6) is 17.2 Å². The summed E-state index contributed by atoms with van der Waals surface area (Å²) in [6, 6.07) is 22.0. The van der Waals surface area contributed by atoms with E-state index in [1.165, 1.54) is 16.7 Å². The lowest BCUT2D eigenvalue weighted by Gasteiger charge is -2.28. The molecular weight excluding hydrogens is 386 g/mol. The van der Waals surface area contributed by atoms with Crippen molar-refractivity contribution in [1.82, 2.24) is 5.32 Å². The van der Waals surface area contributed by atoms with Gasteiger partial charge in [-0.05, 0) is 65.9 Å². The van der Waals surface area contributed by atoms with Gasteiger partial charge in [-0.15, -0.1) is 12.4 Å². The van der Waals surface area contributed by atoms with Crippen LogP contribution in [0.25, 0.3) is 0 Å². The Labute approximate surface area is 177 Å². The molecule has 1 aliphatic heterocycles. The second-order valence-corrected chi connectivity index (χ2v) is 7.10. The number of phenolic OH excluding ortho intramolecular Hbond substituents is 1. The molecule has 0 saturated heterocycles. The van der Waals surface area contributed by atoms with Crippen LogP contribution in [0.4, 0.5) is 0 Å². The Balaban J connectivity index is 0.00000240. The second-order valence-electron chi connectivity index (χ2n) is 7.10. The Hall–Kier alpha value is -2.69. The summed E-state index contributed by atoms with van der Waals surface area (Å²) in [6.07, 6.45) is 1.83. The Morgan fingerprint density at radius 1 is 0.966 bits per heavy atom. The molecule has 0 amide bonds. The maximum atomic E-state index is 9.52. The molecule has 0 bridgehead atoms. The number of halogens is 1. The molecule has 0 aliphatic carbocycles. The smallest absolute Gasteiger partial charge is 0.162 e. The van der Waals surface area contributed by atoms with Crippen LogP contribution in [-0.4, -0.2) is 18.8 Å². The molecule has 0 radical (unpaired) electrons. The van der Waals surface area contributed by atoms with Crippen LogP contribution in [0.15, 0.2) is 66.7 Å². The van der Waals surface area contributed by atoms with Crippen molar-refractivity contribution in [3.8, 4) is 17.2 Å². The van der Waals surface area contributed by atoms with E-state index in [0.29, 0.717) is 12.4 Å². The van der Waals surface area contributed by atoms with E-state index in [-0.39, 0.29) is 18.4 Å². The first-order valence-corrected chi connectivity index (χ1v) is 9.62. The van der Waals surface area contributed by atoms with Crippen molar-refractivity contribution in [2.24, 2.45) is 0 Å². The SMILES string of the molecule is COc1cc2c(cc1OCc1ccccc1)C(Cc1ccc(O)cc1)NCC2.Cl. The maximum Gasteiger partial charge on any atom is 0.162 e. The van der Waals surface area contributed by atoms with Crippen molar-refractivity contribution < 1.29 is 14.6 Å². The number of nitrogens with one attached hydrogen (secondary N) is 1. The zero-order chi connectivity index (χ0) is 19.3. The van der Waals surface area contributed by atoms with Gasteiger partial charge in [-0.3, -0.25) is 0 Å². The third-order valence-corrected chi connectivity index (χ3v) is 5.20. The summed E-state index contributed by atoms with van der Waals surface area (Å²) in [5.74, 6) is 1.84. The highest BCUT2D eigenvalue weighted by Crippen LogP contribution is 2.37. The molecule has 0 saturated carbocycles. The highest BCUT2D eigenvalue weighted by molar-refractivity contribution is 5.85. The zero-order valence-electron chi connectivity index (χ0n) is 16.4. The molecule has 1 atom stereocenters. The molecule has 152 valence electrons. The number of ether oxygens (including phenoxy) is 2. The predicted molar refractivity (Wildman–Crippen MR) is 117 cm³/mol. The monoisotopic (exact) mass is 411 g/mol. The van der Waals surface area contributed by atoms with Gasteiger partial charge in [-0.25, -0.2) is 0 Å². The molecule has 0 spiro atoms. The average molecular weight is 412 g/mol. The molecule has 5 heteroatoms. The van der Waals surface area contributed by atoms with Crippen molar-refractivity contribution in [1.29, 1.82) is 0 Å². The fourth-order valence-corrected chi connectivity index (χ4v) is 3.71. The number of aromatic hydroxyl groups is 1. The largest absolute Gasteiger partial charge is 0.508 e. The molecule has 1 unspecified atom stereocenters. The summed E-state index contributed by atoms with van der Waals surface area (Å²) < 4.78 is 11.7. The van der Waals surface area contributed by atoms with Crippen molar-refractivity contribution >= 4 is 12.4 Å². The molecule has 2 N–H and O–H groups in total. The van der Waals surface area contributed by atoms with Gasteiger partial charge in [0.2, 0.25) is 0 Å². The number of benzene rings is 3. The van der Waals surface area contributed by atoms with E-state index in [9.17, 15) is 5.11 Å². The number of hydrogen-bond acceptors (Lipinski definition) is 4. The normalized spacial score (nSPS) is 15.1. The topological polar surface area (TPSA) is 50.7 Å². The van der Waals surface area contributed by atoms with Gasteiger partial charge in [0.25, 0.3) is 0 Å². The van der Waals surface area contributed by atoms with Crippen molar-refractivity contribution in [2.75, 3.05) is 13.7 Å². The Kier molecular flexibility index (Phi) is 7.02. The lowest BCUT2D eigenvalue weighted by molar-refractivity contribution is 0.283. The van der Waals surface area contributed by atoms with E-state index in [1.807, 2.05) is 30.3 Å². The van der Waals surface area contributed by atoms with Gasteiger partial charge in [-0.2, -0.15) is 0 Å². The van der Waals surface area contributed by atoms with E-state index in [0.717, 1.165) is 36.4 Å². The summed E-state index contributed by atoms with van der Waals surface area (Å²) in [5.41, 5.74) is 4.86. The lowest BCUT2D eigenvalue weighted by Crippen LogP contribution is -2.31. The summed E-state index contributed by atoms with van der Waals surface area (Å²) in [7, 11) is 1.69. The van der Waals surface area contributed by atoms with E-state index in [2.05, 4.69) is 29.6 Å². The van der Waals surface area contributed by atoms with E-state index in [4.69, 9.17) is 9.47 Å². The molecule has 3 aromatic rings. The molecule has 1 aliphatic rings. The van der Waals surface area contributed by atoms with Crippen LogP contribution >= 0.6 is 12.4 Å². The van der Waals surface area contributed by atoms with Crippen molar-refractivity contribution in [3.63, 3.8) is 0 Å². The Morgan fingerprint density at radius 3 is 2.45 bits per heavy atom. The first-order valence-electron chi connectivity index (χ1n) is 9.62. The van der Waals surface area contributed by atoms with Crippen LogP contribution in [0.1, 0.15) is 28.3 Å². The molecule has 1 heterocycles. The third-order valence-electron chi connectivity index (χ3n) is 5.20. The minimum atomic E-state index is 0. The number of hydrogen-bond donors (Lipinski definition) is 2.